The van der Waals surface area contributed by atoms with Gasteiger partial charge in [-0.1, -0.05) is 0 Å². The van der Waals surface area contributed by atoms with Crippen LogP contribution < -0.4 is 0 Å². The van der Waals surface area contributed by atoms with Gasteiger partial charge in [-0.25, -0.2) is 0 Å². The van der Waals surface area contributed by atoms with E-state index in [-0.39, 0.29) is 12.2 Å². The summed E-state index contributed by atoms with van der Waals surface area (Å²) in [4.78, 5) is 13.4. The standard InChI is InChI=1S/C33H78O10Si7/c1-25-28(39-46(8,9)10)31(42-49(17,18)19)32(43-50(20,21)22)33(36-25)37-26(23-34)29(40-47(11,12)13)30(41-48(14,15)16)27(38-45(5,6)7)24-35-44(2,3)4/h23,25-33H,24H2,1-22H3. The molecule has 0 spiro atoms. The molecule has 1 aliphatic heterocycles. The Bertz CT molecular complexity index is 1040. The van der Waals surface area contributed by atoms with Crippen LogP contribution in [0, 0.1) is 0 Å². The van der Waals surface area contributed by atoms with Crippen molar-refractivity contribution in [2.24, 2.45) is 0 Å². The molecule has 0 aromatic heterocycles. The molecule has 0 amide bonds. The van der Waals surface area contributed by atoms with E-state index >= 15 is 0 Å². The smallest absolute Gasteiger partial charge is 0.186 e. The molecule has 10 nitrogen and oxygen atoms in total. The molecular formula is C33H78O10Si7. The summed E-state index contributed by atoms with van der Waals surface area (Å²) in [6.07, 6.45) is -4.78. The molecule has 1 saturated heterocycles. The maximum Gasteiger partial charge on any atom is 0.186 e. The van der Waals surface area contributed by atoms with E-state index in [0.29, 0.717) is 6.61 Å². The molecule has 1 aliphatic rings. The number of aldehydes is 1. The van der Waals surface area contributed by atoms with Crippen molar-refractivity contribution in [3.8, 4) is 0 Å². The van der Waals surface area contributed by atoms with Gasteiger partial charge in [0.1, 0.15) is 30.5 Å². The van der Waals surface area contributed by atoms with Gasteiger partial charge in [0, 0.05) is 0 Å². The number of ether oxygens (including phenoxy) is 2. The van der Waals surface area contributed by atoms with Crippen LogP contribution in [-0.4, -0.2) is 126 Å². The maximum atomic E-state index is 13.4. The zero-order valence-corrected chi connectivity index (χ0v) is 43.1. The highest BCUT2D eigenvalue weighted by Gasteiger charge is 2.53. The van der Waals surface area contributed by atoms with E-state index in [1.165, 1.54) is 0 Å². The van der Waals surface area contributed by atoms with E-state index in [0.717, 1.165) is 6.29 Å². The quantitative estimate of drug-likeness (QED) is 0.0828. The third-order valence-electron chi connectivity index (χ3n) is 6.80. The van der Waals surface area contributed by atoms with Crippen molar-refractivity contribution < 1.29 is 45.3 Å². The molecule has 9 unspecified atom stereocenters. The molecule has 17 heteroatoms. The van der Waals surface area contributed by atoms with Crippen LogP contribution in [0.3, 0.4) is 0 Å². The number of hydrogen-bond acceptors (Lipinski definition) is 10. The van der Waals surface area contributed by atoms with E-state index in [1.54, 1.807) is 0 Å². The van der Waals surface area contributed by atoms with Crippen LogP contribution in [0.2, 0.25) is 137 Å². The van der Waals surface area contributed by atoms with E-state index in [9.17, 15) is 4.79 Å². The van der Waals surface area contributed by atoms with Gasteiger partial charge in [0.05, 0.1) is 24.9 Å². The van der Waals surface area contributed by atoms with Crippen molar-refractivity contribution >= 4 is 64.5 Å². The molecule has 0 radical (unpaired) electrons. The zero-order valence-electron chi connectivity index (χ0n) is 36.1. The summed E-state index contributed by atoms with van der Waals surface area (Å²) in [6, 6.07) is 0. The first-order valence-electron chi connectivity index (χ1n) is 18.5. The lowest BCUT2D eigenvalue weighted by atomic mass is 9.99. The summed E-state index contributed by atoms with van der Waals surface area (Å²) in [5.74, 6) is 0. The summed E-state index contributed by atoms with van der Waals surface area (Å²) in [7, 11) is -14.9. The average molecular weight is 832 g/mol. The lowest BCUT2D eigenvalue weighted by Gasteiger charge is -2.51. The fraction of sp³-hybridized carbons (Fsp3) is 0.970. The molecule has 0 saturated carbocycles. The Morgan fingerprint density at radius 3 is 1.30 bits per heavy atom. The summed E-state index contributed by atoms with van der Waals surface area (Å²) < 4.78 is 61.6. The monoisotopic (exact) mass is 830 g/mol. The van der Waals surface area contributed by atoms with Gasteiger partial charge in [-0.2, -0.15) is 0 Å². The minimum absolute atomic E-state index is 0.340. The lowest BCUT2D eigenvalue weighted by Crippen LogP contribution is -2.66. The summed E-state index contributed by atoms with van der Waals surface area (Å²) in [5.41, 5.74) is 0. The van der Waals surface area contributed by atoms with Crippen molar-refractivity contribution in [1.82, 2.24) is 0 Å². The Morgan fingerprint density at radius 2 is 0.920 bits per heavy atom. The van der Waals surface area contributed by atoms with E-state index in [1.807, 2.05) is 6.92 Å². The number of carbonyl (C=O) groups is 1. The van der Waals surface area contributed by atoms with Gasteiger partial charge in [0.15, 0.2) is 70.8 Å². The summed E-state index contributed by atoms with van der Waals surface area (Å²) in [6.45, 7) is 47.6. The van der Waals surface area contributed by atoms with Crippen molar-refractivity contribution in [2.75, 3.05) is 6.61 Å². The fourth-order valence-electron chi connectivity index (χ4n) is 5.55. The lowest BCUT2D eigenvalue weighted by molar-refractivity contribution is -0.298. The Kier molecular flexibility index (Phi) is 17.8. The second-order valence-corrected chi connectivity index (χ2v) is 51.9. The molecule has 298 valence electrons. The van der Waals surface area contributed by atoms with Crippen molar-refractivity contribution in [3.63, 3.8) is 0 Å². The topological polar surface area (TPSA) is 100 Å². The molecule has 0 bridgehead atoms. The SMILES string of the molecule is CC1OC(OC(C=O)C(O[Si](C)(C)C)C(O[Si](C)(C)C)C(CO[Si](C)(C)C)O[Si](C)(C)C)C(O[Si](C)(C)C)C(O[Si](C)(C)C)C1O[Si](C)(C)C. The van der Waals surface area contributed by atoms with Gasteiger partial charge in [-0.05, 0) is 144 Å². The molecule has 50 heavy (non-hydrogen) atoms. The number of hydrogen-bond donors (Lipinski definition) is 0. The summed E-state index contributed by atoms with van der Waals surface area (Å²) >= 11 is 0. The predicted molar refractivity (Wildman–Crippen MR) is 224 cm³/mol. The Balaban J connectivity index is 3.92. The highest BCUT2D eigenvalue weighted by Crippen LogP contribution is 2.36. The van der Waals surface area contributed by atoms with Gasteiger partial charge < -0.3 is 45.3 Å². The van der Waals surface area contributed by atoms with Gasteiger partial charge in [0.25, 0.3) is 0 Å². The van der Waals surface area contributed by atoms with E-state index < -0.39 is 101 Å². The molecule has 0 aromatic carbocycles. The van der Waals surface area contributed by atoms with Crippen LogP contribution in [0.1, 0.15) is 6.92 Å². The largest absolute Gasteiger partial charge is 0.415 e. The van der Waals surface area contributed by atoms with Gasteiger partial charge in [-0.3, -0.25) is 0 Å². The number of carbonyl (C=O) groups excluding carboxylic acids is 1. The second-order valence-electron chi connectivity index (χ2n) is 20.6. The molecule has 0 aromatic rings. The number of rotatable bonds is 21. The van der Waals surface area contributed by atoms with Crippen molar-refractivity contribution in [1.29, 1.82) is 0 Å². The highest BCUT2D eigenvalue weighted by atomic mass is 28.4. The second kappa shape index (κ2) is 18.2. The zero-order chi connectivity index (χ0) is 39.5. The molecule has 0 N–H and O–H groups in total. The molecule has 0 aliphatic carbocycles. The average Bonchev–Trinajstić information content (AvgIpc) is 2.82. The maximum absolute atomic E-state index is 13.4. The van der Waals surface area contributed by atoms with Crippen LogP contribution in [-0.2, 0) is 45.3 Å². The Hall–Kier alpha value is 0.828. The van der Waals surface area contributed by atoms with Gasteiger partial charge in [-0.15, -0.1) is 0 Å². The van der Waals surface area contributed by atoms with Crippen LogP contribution in [0.5, 0.6) is 0 Å². The first-order valence-corrected chi connectivity index (χ1v) is 42.3. The first kappa shape index (κ1) is 48.8. The predicted octanol–water partition coefficient (Wildman–Crippen LogP) is 8.49. The Morgan fingerprint density at radius 1 is 0.520 bits per heavy atom. The molecule has 1 heterocycles. The van der Waals surface area contributed by atoms with E-state index in [4.69, 9.17) is 40.5 Å². The van der Waals surface area contributed by atoms with Crippen molar-refractivity contribution in [3.05, 3.63) is 0 Å². The van der Waals surface area contributed by atoms with E-state index in [2.05, 4.69) is 137 Å². The third-order valence-corrected chi connectivity index (χ3v) is 13.7. The fourth-order valence-corrected chi connectivity index (χ4v) is 12.8. The first-order chi connectivity index (χ1) is 22.0. The normalized spacial score (nSPS) is 26.0. The highest BCUT2D eigenvalue weighted by molar-refractivity contribution is 6.72. The van der Waals surface area contributed by atoms with Crippen LogP contribution in [0.15, 0.2) is 0 Å². The van der Waals surface area contributed by atoms with Crippen LogP contribution in [0.4, 0.5) is 0 Å². The minimum Gasteiger partial charge on any atom is -0.415 e. The van der Waals surface area contributed by atoms with Crippen molar-refractivity contribution in [2.45, 2.75) is 200 Å². The minimum atomic E-state index is -2.30. The summed E-state index contributed by atoms with van der Waals surface area (Å²) in [5, 5.41) is 0. The molecule has 1 fully saturated rings. The van der Waals surface area contributed by atoms with Gasteiger partial charge in [0.2, 0.25) is 0 Å². The van der Waals surface area contributed by atoms with Gasteiger partial charge >= 0.3 is 0 Å². The third kappa shape index (κ3) is 19.9. The molecular weight excluding hydrogens is 753 g/mol. The van der Waals surface area contributed by atoms with Crippen LogP contribution >= 0.6 is 0 Å². The molecule has 1 rings (SSSR count). The Labute approximate surface area is 314 Å². The van der Waals surface area contributed by atoms with Crippen LogP contribution in [0.25, 0.3) is 0 Å². The molecule has 9 atom stereocenters.